The standard InChI is InChI=1S/C22H20N2O3S2/c25-20(23-11-4-5-12-23)15-27-18-10-6-7-16(13-18)14-19-21(26)24(22(28)29-19)17-8-2-1-3-9-17/h1-3,6-10,13-14H,4-5,11-12,15H2/b19-14-. The number of carbonyl (C=O) groups excluding carboxylic acids is 2. The summed E-state index contributed by atoms with van der Waals surface area (Å²) in [6, 6.07) is 16.7. The molecular formula is C22H20N2O3S2. The lowest BCUT2D eigenvalue weighted by Gasteiger charge is -2.15. The second kappa shape index (κ2) is 8.80. The lowest BCUT2D eigenvalue weighted by atomic mass is 10.2. The van der Waals surface area contributed by atoms with Crippen molar-refractivity contribution in [3.05, 3.63) is 65.1 Å². The molecule has 0 atom stereocenters. The van der Waals surface area contributed by atoms with Gasteiger partial charge in [-0.2, -0.15) is 0 Å². The average molecular weight is 425 g/mol. The highest BCUT2D eigenvalue weighted by Gasteiger charge is 2.33. The molecule has 148 valence electrons. The van der Waals surface area contributed by atoms with Gasteiger partial charge in [0.05, 0.1) is 10.6 Å². The number of amides is 2. The van der Waals surface area contributed by atoms with E-state index < -0.39 is 0 Å². The summed E-state index contributed by atoms with van der Waals surface area (Å²) >= 11 is 6.68. The van der Waals surface area contributed by atoms with Crippen LogP contribution in [0.25, 0.3) is 6.08 Å². The van der Waals surface area contributed by atoms with Gasteiger partial charge in [-0.1, -0.05) is 54.3 Å². The van der Waals surface area contributed by atoms with Crippen molar-refractivity contribution in [2.75, 3.05) is 24.6 Å². The maximum Gasteiger partial charge on any atom is 0.270 e. The molecule has 2 heterocycles. The molecule has 7 heteroatoms. The number of rotatable bonds is 5. The number of anilines is 1. The van der Waals surface area contributed by atoms with Crippen LogP contribution in [0.1, 0.15) is 18.4 Å². The van der Waals surface area contributed by atoms with E-state index in [0.29, 0.717) is 15.0 Å². The molecule has 0 radical (unpaired) electrons. The molecule has 5 nitrogen and oxygen atoms in total. The van der Waals surface area contributed by atoms with Crippen LogP contribution in [0.2, 0.25) is 0 Å². The SMILES string of the molecule is O=C(COc1cccc(/C=C2\SC(=S)N(c3ccccc3)C2=O)c1)N1CCCC1. The van der Waals surface area contributed by atoms with Gasteiger partial charge >= 0.3 is 0 Å². The van der Waals surface area contributed by atoms with Gasteiger partial charge in [0.15, 0.2) is 10.9 Å². The van der Waals surface area contributed by atoms with Gasteiger partial charge in [0.1, 0.15) is 5.75 Å². The van der Waals surface area contributed by atoms with Gasteiger partial charge in [-0.25, -0.2) is 0 Å². The molecule has 0 unspecified atom stereocenters. The van der Waals surface area contributed by atoms with E-state index in [1.807, 2.05) is 59.5 Å². The van der Waals surface area contributed by atoms with E-state index in [1.165, 1.54) is 11.8 Å². The quantitative estimate of drug-likeness (QED) is 0.534. The summed E-state index contributed by atoms with van der Waals surface area (Å²) in [5, 5.41) is 0. The highest BCUT2D eigenvalue weighted by molar-refractivity contribution is 8.27. The summed E-state index contributed by atoms with van der Waals surface area (Å²) in [5.74, 6) is 0.475. The fourth-order valence-corrected chi connectivity index (χ4v) is 4.61. The molecule has 0 bridgehead atoms. The zero-order chi connectivity index (χ0) is 20.2. The van der Waals surface area contributed by atoms with Crippen LogP contribution in [0.5, 0.6) is 5.75 Å². The van der Waals surface area contributed by atoms with Gasteiger partial charge in [0.2, 0.25) is 0 Å². The van der Waals surface area contributed by atoms with Crippen molar-refractivity contribution in [1.29, 1.82) is 0 Å². The van der Waals surface area contributed by atoms with Crippen LogP contribution in [0.4, 0.5) is 5.69 Å². The summed E-state index contributed by atoms with van der Waals surface area (Å²) in [4.78, 5) is 28.9. The summed E-state index contributed by atoms with van der Waals surface area (Å²) in [7, 11) is 0. The summed E-state index contributed by atoms with van der Waals surface area (Å²) in [5.41, 5.74) is 1.58. The zero-order valence-corrected chi connectivity index (χ0v) is 17.4. The first-order chi connectivity index (χ1) is 14.1. The predicted octanol–water partition coefficient (Wildman–Crippen LogP) is 4.09. The molecule has 0 spiro atoms. The Morgan fingerprint density at radius 2 is 1.86 bits per heavy atom. The van der Waals surface area contributed by atoms with E-state index in [2.05, 4.69) is 0 Å². The van der Waals surface area contributed by atoms with Crippen molar-refractivity contribution >= 4 is 51.9 Å². The summed E-state index contributed by atoms with van der Waals surface area (Å²) in [6.45, 7) is 1.65. The second-order valence-corrected chi connectivity index (χ2v) is 8.48. The van der Waals surface area contributed by atoms with E-state index >= 15 is 0 Å². The fourth-order valence-electron chi connectivity index (χ4n) is 3.32. The minimum Gasteiger partial charge on any atom is -0.484 e. The smallest absolute Gasteiger partial charge is 0.270 e. The topological polar surface area (TPSA) is 49.9 Å². The minimum absolute atomic E-state index is 0.0108. The fraction of sp³-hybridized carbons (Fsp3) is 0.227. The number of ether oxygens (including phenoxy) is 1. The third-order valence-corrected chi connectivity index (χ3v) is 6.09. The number of hydrogen-bond donors (Lipinski definition) is 0. The maximum atomic E-state index is 12.8. The van der Waals surface area contributed by atoms with Gasteiger partial charge in [0.25, 0.3) is 11.8 Å². The van der Waals surface area contributed by atoms with E-state index in [9.17, 15) is 9.59 Å². The molecule has 4 rings (SSSR count). The molecule has 2 aromatic rings. The number of nitrogens with zero attached hydrogens (tertiary/aromatic N) is 2. The molecule has 2 saturated heterocycles. The van der Waals surface area contributed by atoms with E-state index in [-0.39, 0.29) is 18.4 Å². The predicted molar refractivity (Wildman–Crippen MR) is 120 cm³/mol. The number of benzene rings is 2. The first-order valence-electron chi connectivity index (χ1n) is 9.45. The van der Waals surface area contributed by atoms with E-state index in [0.717, 1.165) is 37.2 Å². The van der Waals surface area contributed by atoms with Crippen LogP contribution in [-0.2, 0) is 9.59 Å². The Hall–Kier alpha value is -2.64. The molecule has 2 aliphatic rings. The molecule has 2 fully saturated rings. The number of hydrogen-bond acceptors (Lipinski definition) is 5. The number of para-hydroxylation sites is 1. The molecular weight excluding hydrogens is 404 g/mol. The van der Waals surface area contributed by atoms with Gasteiger partial charge in [-0.05, 0) is 48.7 Å². The minimum atomic E-state index is -0.137. The highest BCUT2D eigenvalue weighted by Crippen LogP contribution is 2.36. The van der Waals surface area contributed by atoms with Crippen molar-refractivity contribution in [1.82, 2.24) is 4.90 Å². The average Bonchev–Trinajstić information content (AvgIpc) is 3.36. The molecule has 0 aliphatic carbocycles. The monoisotopic (exact) mass is 424 g/mol. The molecule has 0 aromatic heterocycles. The van der Waals surface area contributed by atoms with E-state index in [4.69, 9.17) is 17.0 Å². The first-order valence-corrected chi connectivity index (χ1v) is 10.7. The number of carbonyl (C=O) groups is 2. The third kappa shape index (κ3) is 4.52. The molecule has 0 saturated carbocycles. The van der Waals surface area contributed by atoms with Crippen LogP contribution in [0, 0.1) is 0 Å². The Morgan fingerprint density at radius 1 is 1.10 bits per heavy atom. The van der Waals surface area contributed by atoms with Crippen LogP contribution >= 0.6 is 24.0 Å². The number of thiocarbonyl (C=S) groups is 1. The highest BCUT2D eigenvalue weighted by atomic mass is 32.2. The maximum absolute atomic E-state index is 12.8. The van der Waals surface area contributed by atoms with Crippen molar-refractivity contribution in [3.63, 3.8) is 0 Å². The van der Waals surface area contributed by atoms with Gasteiger partial charge in [0, 0.05) is 13.1 Å². The summed E-state index contributed by atoms with van der Waals surface area (Å²) < 4.78 is 6.19. The molecule has 2 aromatic carbocycles. The van der Waals surface area contributed by atoms with Crippen LogP contribution in [-0.4, -0.2) is 40.7 Å². The molecule has 29 heavy (non-hydrogen) atoms. The summed E-state index contributed by atoms with van der Waals surface area (Å²) in [6.07, 6.45) is 3.92. The molecule has 0 N–H and O–H groups in total. The van der Waals surface area contributed by atoms with Crippen LogP contribution in [0.3, 0.4) is 0 Å². The Balaban J connectivity index is 1.45. The van der Waals surface area contributed by atoms with Crippen molar-refractivity contribution in [2.24, 2.45) is 0 Å². The second-order valence-electron chi connectivity index (χ2n) is 6.80. The van der Waals surface area contributed by atoms with Gasteiger partial charge in [-0.3, -0.25) is 14.5 Å². The van der Waals surface area contributed by atoms with E-state index in [1.54, 1.807) is 11.0 Å². The van der Waals surface area contributed by atoms with Crippen molar-refractivity contribution in [2.45, 2.75) is 12.8 Å². The first kappa shape index (κ1) is 19.7. The Labute approximate surface area is 179 Å². The van der Waals surface area contributed by atoms with Gasteiger partial charge in [-0.15, -0.1) is 0 Å². The Kier molecular flexibility index (Phi) is 5.97. The molecule has 2 amide bonds. The normalized spacial score (nSPS) is 18.0. The number of likely N-dealkylation sites (tertiary alicyclic amines) is 1. The van der Waals surface area contributed by atoms with Crippen LogP contribution < -0.4 is 9.64 Å². The van der Waals surface area contributed by atoms with Crippen molar-refractivity contribution < 1.29 is 14.3 Å². The zero-order valence-electron chi connectivity index (χ0n) is 15.7. The molecule has 2 aliphatic heterocycles. The Bertz CT molecular complexity index is 969. The Morgan fingerprint density at radius 3 is 2.62 bits per heavy atom. The third-order valence-electron chi connectivity index (χ3n) is 4.79. The van der Waals surface area contributed by atoms with Gasteiger partial charge < -0.3 is 9.64 Å². The van der Waals surface area contributed by atoms with Crippen LogP contribution in [0.15, 0.2) is 59.5 Å². The largest absolute Gasteiger partial charge is 0.484 e. The lowest BCUT2D eigenvalue weighted by molar-refractivity contribution is -0.132. The number of thioether (sulfide) groups is 1. The van der Waals surface area contributed by atoms with Crippen molar-refractivity contribution in [3.8, 4) is 5.75 Å². The lowest BCUT2D eigenvalue weighted by Crippen LogP contribution is -2.32.